The predicted octanol–water partition coefficient (Wildman–Crippen LogP) is 5.91. The Morgan fingerprint density at radius 1 is 1.14 bits per heavy atom. The molecule has 186 valence electrons. The van der Waals surface area contributed by atoms with Gasteiger partial charge in [-0.05, 0) is 53.8 Å². The van der Waals surface area contributed by atoms with Crippen molar-refractivity contribution in [1.29, 1.82) is 0 Å². The lowest BCUT2D eigenvalue weighted by Crippen LogP contribution is -2.30. The molecule has 0 amide bonds. The van der Waals surface area contributed by atoms with Gasteiger partial charge in [-0.25, -0.2) is 9.37 Å². The van der Waals surface area contributed by atoms with E-state index in [2.05, 4.69) is 20.2 Å². The molecular formula is C27H26ClFN4O3. The van der Waals surface area contributed by atoms with Crippen LogP contribution in [-0.2, 0) is 9.53 Å². The lowest BCUT2D eigenvalue weighted by atomic mass is 9.96. The molecule has 36 heavy (non-hydrogen) atoms. The maximum atomic E-state index is 16.3. The summed E-state index contributed by atoms with van der Waals surface area (Å²) in [6.07, 6.45) is 3.29. The molecule has 1 aliphatic heterocycles. The van der Waals surface area contributed by atoms with E-state index in [4.69, 9.17) is 16.3 Å². The molecule has 1 aromatic heterocycles. The molecule has 0 unspecified atom stereocenters. The van der Waals surface area contributed by atoms with E-state index in [9.17, 15) is 9.90 Å². The van der Waals surface area contributed by atoms with E-state index in [1.807, 2.05) is 24.3 Å². The number of methoxy groups -OCH3 is 1. The standard InChI is InChI=1S/C27H26ClFN4O3/c1-36-22(35)9-10-30-27-31-25-20(26(32-27)33-11-5-2-6-12-33)15-21(28)23(24(25)29)19-14-17(34)13-16-7-3-4-8-18(16)19/h3-4,7-8,13-15,34H,2,5-6,9-12H2,1H3,(H,30,31,32). The molecule has 0 aliphatic carbocycles. The van der Waals surface area contributed by atoms with Gasteiger partial charge in [-0.2, -0.15) is 4.98 Å². The Bertz CT molecular complexity index is 1460. The van der Waals surface area contributed by atoms with Gasteiger partial charge in [-0.3, -0.25) is 4.79 Å². The number of ether oxygens (including phenoxy) is 1. The fraction of sp³-hybridized carbons (Fsp3) is 0.296. The van der Waals surface area contributed by atoms with Crippen LogP contribution in [0.3, 0.4) is 0 Å². The number of rotatable bonds is 6. The van der Waals surface area contributed by atoms with Gasteiger partial charge in [0.25, 0.3) is 0 Å². The zero-order valence-corrected chi connectivity index (χ0v) is 20.6. The number of nitrogens with zero attached hydrogens (tertiary/aromatic N) is 3. The average molecular weight is 509 g/mol. The summed E-state index contributed by atoms with van der Waals surface area (Å²) in [6.45, 7) is 1.84. The number of benzene rings is 3. The summed E-state index contributed by atoms with van der Waals surface area (Å²) in [5, 5.41) is 15.6. The Labute approximate surface area is 212 Å². The summed E-state index contributed by atoms with van der Waals surface area (Å²) in [6, 6.07) is 12.3. The summed E-state index contributed by atoms with van der Waals surface area (Å²) in [5.74, 6) is -0.116. The third-order valence-corrected chi connectivity index (χ3v) is 6.77. The van der Waals surface area contributed by atoms with Crippen molar-refractivity contribution in [3.8, 4) is 16.9 Å². The highest BCUT2D eigenvalue weighted by Crippen LogP contribution is 2.42. The molecule has 7 nitrogen and oxygen atoms in total. The molecule has 9 heteroatoms. The van der Waals surface area contributed by atoms with Gasteiger partial charge >= 0.3 is 5.97 Å². The van der Waals surface area contributed by atoms with Crippen LogP contribution in [0.15, 0.2) is 42.5 Å². The smallest absolute Gasteiger partial charge is 0.307 e. The molecule has 3 aromatic carbocycles. The minimum absolute atomic E-state index is 0.0149. The van der Waals surface area contributed by atoms with Gasteiger partial charge < -0.3 is 20.1 Å². The van der Waals surface area contributed by atoms with Crippen LogP contribution >= 0.6 is 11.6 Å². The van der Waals surface area contributed by atoms with Crippen LogP contribution in [0, 0.1) is 5.82 Å². The summed E-state index contributed by atoms with van der Waals surface area (Å²) in [7, 11) is 1.33. The van der Waals surface area contributed by atoms with Crippen molar-refractivity contribution >= 4 is 51.0 Å². The maximum absolute atomic E-state index is 16.3. The Kier molecular flexibility index (Phi) is 6.78. The molecule has 1 aliphatic rings. The Morgan fingerprint density at radius 2 is 1.92 bits per heavy atom. The van der Waals surface area contributed by atoms with Gasteiger partial charge in [-0.1, -0.05) is 35.9 Å². The predicted molar refractivity (Wildman–Crippen MR) is 140 cm³/mol. The number of fused-ring (bicyclic) bond motifs is 2. The Hall–Kier alpha value is -3.65. The fourth-order valence-electron chi connectivity index (χ4n) is 4.73. The second-order valence-electron chi connectivity index (χ2n) is 8.83. The number of hydrogen-bond acceptors (Lipinski definition) is 7. The fourth-order valence-corrected chi connectivity index (χ4v) is 5.03. The van der Waals surface area contributed by atoms with Crippen LogP contribution in [0.25, 0.3) is 32.8 Å². The number of hydrogen-bond donors (Lipinski definition) is 2. The molecule has 5 rings (SSSR count). The van der Waals surface area contributed by atoms with Crippen molar-refractivity contribution in [3.63, 3.8) is 0 Å². The van der Waals surface area contributed by atoms with Crippen molar-refractivity contribution in [3.05, 3.63) is 53.3 Å². The largest absolute Gasteiger partial charge is 0.508 e. The van der Waals surface area contributed by atoms with Crippen molar-refractivity contribution in [1.82, 2.24) is 9.97 Å². The van der Waals surface area contributed by atoms with E-state index in [0.717, 1.165) is 43.1 Å². The number of carbonyl (C=O) groups excluding carboxylic acids is 1. The normalized spacial score (nSPS) is 13.8. The number of phenols is 1. The van der Waals surface area contributed by atoms with Gasteiger partial charge in [0.1, 0.15) is 17.1 Å². The number of esters is 1. The summed E-state index contributed by atoms with van der Waals surface area (Å²) in [4.78, 5) is 22.8. The molecule has 1 fully saturated rings. The van der Waals surface area contributed by atoms with Gasteiger partial charge in [0.15, 0.2) is 5.82 Å². The lowest BCUT2D eigenvalue weighted by Gasteiger charge is -2.29. The van der Waals surface area contributed by atoms with Crippen LogP contribution in [-0.4, -0.2) is 47.8 Å². The molecule has 4 aromatic rings. The number of phenolic OH excluding ortho intramolecular Hbond substituents is 1. The van der Waals surface area contributed by atoms with Gasteiger partial charge in [0.05, 0.1) is 18.6 Å². The number of carbonyl (C=O) groups is 1. The summed E-state index contributed by atoms with van der Waals surface area (Å²) >= 11 is 6.72. The second-order valence-corrected chi connectivity index (χ2v) is 9.24. The minimum atomic E-state index is -0.593. The van der Waals surface area contributed by atoms with E-state index in [-0.39, 0.29) is 46.7 Å². The van der Waals surface area contributed by atoms with Crippen molar-refractivity contribution < 1.29 is 19.0 Å². The minimum Gasteiger partial charge on any atom is -0.508 e. The van der Waals surface area contributed by atoms with Crippen LogP contribution in [0.2, 0.25) is 5.02 Å². The number of aromatic nitrogens is 2. The molecule has 1 saturated heterocycles. The third kappa shape index (κ3) is 4.60. The second kappa shape index (κ2) is 10.1. The number of nitrogens with one attached hydrogen (secondary N) is 1. The van der Waals surface area contributed by atoms with Crippen molar-refractivity contribution in [2.75, 3.05) is 37.0 Å². The van der Waals surface area contributed by atoms with Crippen LogP contribution in [0.4, 0.5) is 16.2 Å². The molecule has 0 radical (unpaired) electrons. The van der Waals surface area contributed by atoms with Gasteiger partial charge in [0, 0.05) is 30.6 Å². The Balaban J connectivity index is 1.69. The quantitative estimate of drug-likeness (QED) is 0.313. The first kappa shape index (κ1) is 24.1. The van der Waals surface area contributed by atoms with Crippen LogP contribution in [0.1, 0.15) is 25.7 Å². The number of aromatic hydroxyl groups is 1. The topological polar surface area (TPSA) is 87.6 Å². The lowest BCUT2D eigenvalue weighted by molar-refractivity contribution is -0.140. The molecule has 2 heterocycles. The zero-order valence-electron chi connectivity index (χ0n) is 19.9. The highest BCUT2D eigenvalue weighted by atomic mass is 35.5. The number of piperidine rings is 1. The highest BCUT2D eigenvalue weighted by molar-refractivity contribution is 6.35. The average Bonchev–Trinajstić information content (AvgIpc) is 2.89. The summed E-state index contributed by atoms with van der Waals surface area (Å²) in [5.41, 5.74) is 0.770. The highest BCUT2D eigenvalue weighted by Gasteiger charge is 2.24. The van der Waals surface area contributed by atoms with Crippen LogP contribution in [0.5, 0.6) is 5.75 Å². The third-order valence-electron chi connectivity index (χ3n) is 6.47. The van der Waals surface area contributed by atoms with Crippen molar-refractivity contribution in [2.24, 2.45) is 0 Å². The van der Waals surface area contributed by atoms with Crippen molar-refractivity contribution in [2.45, 2.75) is 25.7 Å². The van der Waals surface area contributed by atoms with E-state index >= 15 is 4.39 Å². The first-order valence-corrected chi connectivity index (χ1v) is 12.3. The van der Waals surface area contributed by atoms with E-state index in [1.54, 1.807) is 12.1 Å². The molecule has 0 saturated carbocycles. The monoisotopic (exact) mass is 508 g/mol. The first-order valence-electron chi connectivity index (χ1n) is 11.9. The maximum Gasteiger partial charge on any atom is 0.307 e. The first-order chi connectivity index (χ1) is 17.5. The molecular weight excluding hydrogens is 483 g/mol. The van der Waals surface area contributed by atoms with Crippen LogP contribution < -0.4 is 10.2 Å². The number of anilines is 2. The zero-order chi connectivity index (χ0) is 25.2. The molecule has 0 atom stereocenters. The van der Waals surface area contributed by atoms with Gasteiger partial charge in [-0.15, -0.1) is 0 Å². The van der Waals surface area contributed by atoms with E-state index < -0.39 is 5.82 Å². The van der Waals surface area contributed by atoms with E-state index in [1.165, 1.54) is 13.2 Å². The molecule has 2 N–H and O–H groups in total. The number of halogens is 2. The van der Waals surface area contributed by atoms with E-state index in [0.29, 0.717) is 16.8 Å². The molecule has 0 bridgehead atoms. The molecule has 0 spiro atoms. The Morgan fingerprint density at radius 3 is 2.69 bits per heavy atom. The summed E-state index contributed by atoms with van der Waals surface area (Å²) < 4.78 is 21.0. The SMILES string of the molecule is COC(=O)CCNc1nc(N2CCCCC2)c2cc(Cl)c(-c3cc(O)cc4ccccc34)c(F)c2n1. The van der Waals surface area contributed by atoms with Gasteiger partial charge in [0.2, 0.25) is 5.95 Å².